The number of fused-ring (bicyclic) bond motifs is 3. The lowest BCUT2D eigenvalue weighted by Crippen LogP contribution is -2.62. The number of benzene rings is 2. The molecule has 1 aliphatic heterocycles. The van der Waals surface area contributed by atoms with E-state index in [0.717, 1.165) is 41.5 Å². The highest BCUT2D eigenvalue weighted by Crippen LogP contribution is 2.44. The number of hydrogen-bond acceptors (Lipinski definition) is 4. The van der Waals surface area contributed by atoms with E-state index in [-0.39, 0.29) is 18.4 Å². The van der Waals surface area contributed by atoms with Crippen LogP contribution in [0.4, 0.5) is 4.79 Å². The summed E-state index contributed by atoms with van der Waals surface area (Å²) in [5.74, 6) is -1.34. The Hall–Kier alpha value is -3.35. The average molecular weight is 463 g/mol. The number of amides is 2. The Morgan fingerprint density at radius 2 is 1.56 bits per heavy atom. The highest BCUT2D eigenvalue weighted by atomic mass is 16.5. The van der Waals surface area contributed by atoms with Crippen LogP contribution in [0.3, 0.4) is 0 Å². The van der Waals surface area contributed by atoms with Gasteiger partial charge in [0.25, 0.3) is 0 Å². The summed E-state index contributed by atoms with van der Waals surface area (Å²) in [6.07, 6.45) is 4.08. The Balaban J connectivity index is 1.32. The molecule has 7 nitrogen and oxygen atoms in total. The quantitative estimate of drug-likeness (QED) is 0.691. The molecule has 1 heterocycles. The minimum absolute atomic E-state index is 0.0638. The lowest BCUT2D eigenvalue weighted by Gasteiger charge is -2.40. The molecule has 2 aromatic rings. The number of ether oxygens (including phenoxy) is 1. The topological polar surface area (TPSA) is 95.9 Å². The molecule has 0 aromatic heterocycles. The Bertz CT molecular complexity index is 1060. The Morgan fingerprint density at radius 3 is 2.18 bits per heavy atom. The first-order valence-corrected chi connectivity index (χ1v) is 12.2. The summed E-state index contributed by atoms with van der Waals surface area (Å²) in [4.78, 5) is 39.7. The number of carbonyl (C=O) groups excluding carboxylic acids is 2. The van der Waals surface area contributed by atoms with Crippen molar-refractivity contribution in [1.82, 2.24) is 10.2 Å². The Labute approximate surface area is 199 Å². The number of rotatable bonds is 5. The normalized spacial score (nSPS) is 20.9. The second-order valence-corrected chi connectivity index (χ2v) is 9.59. The summed E-state index contributed by atoms with van der Waals surface area (Å²) < 4.78 is 5.72. The molecular weight excluding hydrogens is 432 g/mol. The molecule has 34 heavy (non-hydrogen) atoms. The van der Waals surface area contributed by atoms with Gasteiger partial charge in [-0.2, -0.15) is 0 Å². The van der Waals surface area contributed by atoms with Gasteiger partial charge >= 0.3 is 12.1 Å². The van der Waals surface area contributed by atoms with E-state index in [9.17, 15) is 19.5 Å². The standard InChI is InChI=1S/C27H30N2O5/c30-24(31)23-13-8-16-29(23)25(32)27(14-6-1-7-15-27)28-26(33)34-17-22-20-11-4-2-9-18(20)19-10-3-5-12-21(19)22/h2-5,9-12,22-23H,1,6-8,13-17H2,(H,28,33)(H,30,31). The number of nitrogens with one attached hydrogen (secondary N) is 1. The van der Waals surface area contributed by atoms with Gasteiger partial charge in [0.15, 0.2) is 0 Å². The van der Waals surface area contributed by atoms with Crippen molar-refractivity contribution in [1.29, 1.82) is 0 Å². The van der Waals surface area contributed by atoms with E-state index in [1.165, 1.54) is 4.90 Å². The van der Waals surface area contributed by atoms with Crippen molar-refractivity contribution in [3.63, 3.8) is 0 Å². The van der Waals surface area contributed by atoms with E-state index in [4.69, 9.17) is 4.74 Å². The van der Waals surface area contributed by atoms with Gasteiger partial charge < -0.3 is 20.1 Å². The molecule has 0 spiro atoms. The van der Waals surface area contributed by atoms with Gasteiger partial charge in [0.05, 0.1) is 0 Å². The fraction of sp³-hybridized carbons (Fsp3) is 0.444. The monoisotopic (exact) mass is 462 g/mol. The first-order valence-electron chi connectivity index (χ1n) is 12.2. The molecule has 2 aliphatic carbocycles. The second-order valence-electron chi connectivity index (χ2n) is 9.59. The van der Waals surface area contributed by atoms with Crippen LogP contribution in [0, 0.1) is 0 Å². The molecule has 7 heteroatoms. The maximum Gasteiger partial charge on any atom is 0.408 e. The summed E-state index contributed by atoms with van der Waals surface area (Å²) in [5, 5.41) is 12.5. The first-order chi connectivity index (χ1) is 16.5. The fourth-order valence-corrected chi connectivity index (χ4v) is 5.92. The van der Waals surface area contributed by atoms with Crippen molar-refractivity contribution in [3.05, 3.63) is 59.7 Å². The molecule has 5 rings (SSSR count). The molecule has 3 aliphatic rings. The number of alkyl carbamates (subject to hydrolysis) is 1. The third-order valence-electron chi connectivity index (χ3n) is 7.60. The zero-order valence-electron chi connectivity index (χ0n) is 19.2. The summed E-state index contributed by atoms with van der Waals surface area (Å²) in [5.41, 5.74) is 3.46. The number of carbonyl (C=O) groups is 3. The molecule has 1 saturated carbocycles. The molecule has 1 unspecified atom stereocenters. The van der Waals surface area contributed by atoms with Gasteiger partial charge in [0.2, 0.25) is 5.91 Å². The van der Waals surface area contributed by atoms with E-state index >= 15 is 0 Å². The van der Waals surface area contributed by atoms with Gasteiger partial charge in [-0.1, -0.05) is 67.8 Å². The molecule has 2 N–H and O–H groups in total. The maximum absolute atomic E-state index is 13.6. The van der Waals surface area contributed by atoms with Crippen LogP contribution in [-0.4, -0.2) is 52.7 Å². The van der Waals surface area contributed by atoms with E-state index < -0.39 is 23.6 Å². The Morgan fingerprint density at radius 1 is 0.941 bits per heavy atom. The molecule has 1 atom stereocenters. The second kappa shape index (κ2) is 9.12. The van der Waals surface area contributed by atoms with Crippen LogP contribution >= 0.6 is 0 Å². The molecule has 0 radical (unpaired) electrons. The van der Waals surface area contributed by atoms with Crippen LogP contribution < -0.4 is 5.32 Å². The van der Waals surface area contributed by atoms with Gasteiger partial charge in [-0.3, -0.25) is 4.79 Å². The predicted octanol–water partition coefficient (Wildman–Crippen LogP) is 4.30. The van der Waals surface area contributed by atoms with Crippen molar-refractivity contribution in [2.75, 3.05) is 13.2 Å². The van der Waals surface area contributed by atoms with Gasteiger partial charge in [-0.15, -0.1) is 0 Å². The molecule has 2 fully saturated rings. The Kier molecular flexibility index (Phi) is 6.02. The van der Waals surface area contributed by atoms with Crippen LogP contribution in [0.2, 0.25) is 0 Å². The first kappa shape index (κ1) is 22.4. The molecule has 2 aromatic carbocycles. The van der Waals surface area contributed by atoms with Gasteiger partial charge in [0.1, 0.15) is 18.2 Å². The van der Waals surface area contributed by atoms with Crippen molar-refractivity contribution in [2.45, 2.75) is 62.4 Å². The molecule has 2 amide bonds. The van der Waals surface area contributed by atoms with Crippen LogP contribution in [0.15, 0.2) is 48.5 Å². The highest BCUT2D eigenvalue weighted by Gasteiger charge is 2.47. The zero-order valence-corrected chi connectivity index (χ0v) is 19.2. The van der Waals surface area contributed by atoms with E-state index in [1.54, 1.807) is 0 Å². The van der Waals surface area contributed by atoms with Gasteiger partial charge in [-0.25, -0.2) is 9.59 Å². The SMILES string of the molecule is O=C(NC1(C(=O)N2CCCC2C(=O)O)CCCCC1)OCC1c2ccccc2-c2ccccc21. The van der Waals surface area contributed by atoms with Crippen LogP contribution in [0.1, 0.15) is 62.0 Å². The molecule has 0 bridgehead atoms. The van der Waals surface area contributed by atoms with Gasteiger partial charge in [-0.05, 0) is 47.9 Å². The summed E-state index contributed by atoms with van der Waals surface area (Å²) in [7, 11) is 0. The fourth-order valence-electron chi connectivity index (χ4n) is 5.92. The number of likely N-dealkylation sites (tertiary alicyclic amines) is 1. The van der Waals surface area contributed by atoms with Crippen molar-refractivity contribution < 1.29 is 24.2 Å². The maximum atomic E-state index is 13.6. The number of aliphatic carboxylic acids is 1. The number of carboxylic acids is 1. The summed E-state index contributed by atoms with van der Waals surface area (Å²) in [6.45, 7) is 0.579. The zero-order chi connectivity index (χ0) is 23.7. The largest absolute Gasteiger partial charge is 0.480 e. The van der Waals surface area contributed by atoms with Crippen molar-refractivity contribution >= 4 is 18.0 Å². The van der Waals surface area contributed by atoms with E-state index in [2.05, 4.69) is 29.6 Å². The number of nitrogens with zero attached hydrogens (tertiary/aromatic N) is 1. The smallest absolute Gasteiger partial charge is 0.408 e. The van der Waals surface area contributed by atoms with Crippen molar-refractivity contribution in [2.24, 2.45) is 0 Å². The number of hydrogen-bond donors (Lipinski definition) is 2. The molecule has 1 saturated heterocycles. The number of carboxylic acid groups (broad SMARTS) is 1. The summed E-state index contributed by atoms with van der Waals surface area (Å²) in [6, 6.07) is 15.5. The lowest BCUT2D eigenvalue weighted by molar-refractivity contribution is -0.151. The van der Waals surface area contributed by atoms with E-state index in [1.807, 2.05) is 24.3 Å². The van der Waals surface area contributed by atoms with E-state index in [0.29, 0.717) is 32.2 Å². The van der Waals surface area contributed by atoms with Crippen LogP contribution in [0.5, 0.6) is 0 Å². The highest BCUT2D eigenvalue weighted by molar-refractivity contribution is 5.93. The van der Waals surface area contributed by atoms with Crippen LogP contribution in [-0.2, 0) is 14.3 Å². The lowest BCUT2D eigenvalue weighted by atomic mass is 9.80. The average Bonchev–Trinajstić information content (AvgIpc) is 3.46. The third-order valence-corrected chi connectivity index (χ3v) is 7.60. The molecule has 178 valence electrons. The van der Waals surface area contributed by atoms with Crippen molar-refractivity contribution in [3.8, 4) is 11.1 Å². The summed E-state index contributed by atoms with van der Waals surface area (Å²) >= 11 is 0. The van der Waals surface area contributed by atoms with Gasteiger partial charge in [0, 0.05) is 12.5 Å². The minimum Gasteiger partial charge on any atom is -0.480 e. The minimum atomic E-state index is -1.10. The molecular formula is C27H30N2O5. The predicted molar refractivity (Wildman–Crippen MR) is 126 cm³/mol. The third kappa shape index (κ3) is 3.93. The van der Waals surface area contributed by atoms with Crippen LogP contribution in [0.25, 0.3) is 11.1 Å².